The molecular formula is C17H16O. The highest BCUT2D eigenvalue weighted by molar-refractivity contribution is 5.78. The molecule has 1 heteroatoms. The van der Waals surface area contributed by atoms with Gasteiger partial charge in [-0.25, -0.2) is 0 Å². The lowest BCUT2D eigenvalue weighted by Crippen LogP contribution is -1.99. The molecular weight excluding hydrogens is 220 g/mol. The molecule has 0 aliphatic heterocycles. The lowest BCUT2D eigenvalue weighted by molar-refractivity contribution is 0.615. The van der Waals surface area contributed by atoms with Crippen LogP contribution < -0.4 is 0 Å². The van der Waals surface area contributed by atoms with Crippen LogP contribution in [0, 0.1) is 0 Å². The zero-order valence-corrected chi connectivity index (χ0v) is 10.5. The van der Waals surface area contributed by atoms with E-state index in [9.17, 15) is 0 Å². The van der Waals surface area contributed by atoms with Gasteiger partial charge in [-0.3, -0.25) is 0 Å². The first-order valence-corrected chi connectivity index (χ1v) is 6.40. The number of rotatable bonds is 3. The molecule has 90 valence electrons. The van der Waals surface area contributed by atoms with Gasteiger partial charge >= 0.3 is 0 Å². The van der Waals surface area contributed by atoms with E-state index in [1.54, 1.807) is 6.26 Å². The van der Waals surface area contributed by atoms with E-state index >= 15 is 0 Å². The first-order valence-electron chi connectivity index (χ1n) is 6.40. The maximum atomic E-state index is 5.39. The van der Waals surface area contributed by atoms with E-state index in [0.29, 0.717) is 5.92 Å². The monoisotopic (exact) mass is 236 g/mol. The standard InChI is InChI=1S/C17H16O/c1-2-16(13-6-4-3-5-7-13)14-8-9-17-15(12-14)10-11-18-17/h3-12,16H,2H2,1H3. The molecule has 0 fully saturated rings. The van der Waals surface area contributed by atoms with Crippen LogP contribution in [-0.2, 0) is 0 Å². The molecule has 0 amide bonds. The van der Waals surface area contributed by atoms with Crippen molar-refractivity contribution in [3.05, 3.63) is 72.0 Å². The lowest BCUT2D eigenvalue weighted by Gasteiger charge is -2.15. The van der Waals surface area contributed by atoms with E-state index in [2.05, 4.69) is 55.5 Å². The normalized spacial score (nSPS) is 12.7. The van der Waals surface area contributed by atoms with Crippen LogP contribution in [0.15, 0.2) is 65.3 Å². The predicted molar refractivity (Wildman–Crippen MR) is 74.8 cm³/mol. The van der Waals surface area contributed by atoms with Gasteiger partial charge in [-0.15, -0.1) is 0 Å². The van der Waals surface area contributed by atoms with Crippen LogP contribution >= 0.6 is 0 Å². The molecule has 1 aromatic heterocycles. The first-order chi connectivity index (χ1) is 8.88. The minimum atomic E-state index is 0.463. The molecule has 1 atom stereocenters. The molecule has 0 spiro atoms. The zero-order valence-electron chi connectivity index (χ0n) is 10.5. The Morgan fingerprint density at radius 1 is 0.944 bits per heavy atom. The second-order valence-corrected chi connectivity index (χ2v) is 4.59. The molecule has 1 unspecified atom stereocenters. The highest BCUT2D eigenvalue weighted by Gasteiger charge is 2.12. The third-order valence-electron chi connectivity index (χ3n) is 3.49. The Kier molecular flexibility index (Phi) is 2.89. The second kappa shape index (κ2) is 4.69. The van der Waals surface area contributed by atoms with Gasteiger partial charge in [0.1, 0.15) is 5.58 Å². The number of hydrogen-bond acceptors (Lipinski definition) is 1. The number of furan rings is 1. The van der Waals surface area contributed by atoms with Crippen molar-refractivity contribution in [3.8, 4) is 0 Å². The van der Waals surface area contributed by atoms with Gasteiger partial charge in [0, 0.05) is 11.3 Å². The summed E-state index contributed by atoms with van der Waals surface area (Å²) in [7, 11) is 0. The van der Waals surface area contributed by atoms with Gasteiger partial charge in [0.25, 0.3) is 0 Å². The first kappa shape index (κ1) is 11.1. The summed E-state index contributed by atoms with van der Waals surface area (Å²) in [5.41, 5.74) is 3.70. The molecule has 0 radical (unpaired) electrons. The third-order valence-corrected chi connectivity index (χ3v) is 3.49. The Labute approximate surface area is 107 Å². The molecule has 3 rings (SSSR count). The van der Waals surface area contributed by atoms with Gasteiger partial charge < -0.3 is 4.42 Å². The smallest absolute Gasteiger partial charge is 0.133 e. The van der Waals surface area contributed by atoms with Crippen molar-refractivity contribution in [2.75, 3.05) is 0 Å². The van der Waals surface area contributed by atoms with Gasteiger partial charge in [0.2, 0.25) is 0 Å². The Morgan fingerprint density at radius 3 is 2.56 bits per heavy atom. The van der Waals surface area contributed by atoms with E-state index in [4.69, 9.17) is 4.42 Å². The zero-order chi connectivity index (χ0) is 12.4. The lowest BCUT2D eigenvalue weighted by atomic mass is 9.89. The summed E-state index contributed by atoms with van der Waals surface area (Å²) in [6.07, 6.45) is 2.85. The van der Waals surface area contributed by atoms with Gasteiger partial charge in [-0.1, -0.05) is 43.3 Å². The Morgan fingerprint density at radius 2 is 1.78 bits per heavy atom. The molecule has 0 bridgehead atoms. The molecule has 0 N–H and O–H groups in total. The number of hydrogen-bond donors (Lipinski definition) is 0. The maximum absolute atomic E-state index is 5.39. The van der Waals surface area contributed by atoms with Crippen LogP contribution in [0.1, 0.15) is 30.4 Å². The van der Waals surface area contributed by atoms with E-state index < -0.39 is 0 Å². The Hall–Kier alpha value is -2.02. The maximum Gasteiger partial charge on any atom is 0.133 e. The molecule has 2 aromatic carbocycles. The average Bonchev–Trinajstić information content (AvgIpc) is 2.88. The topological polar surface area (TPSA) is 13.1 Å². The van der Waals surface area contributed by atoms with Crippen LogP contribution in [0.3, 0.4) is 0 Å². The Bertz CT molecular complexity index is 637. The molecule has 0 aliphatic rings. The second-order valence-electron chi connectivity index (χ2n) is 4.59. The van der Waals surface area contributed by atoms with Crippen LogP contribution in [0.25, 0.3) is 11.0 Å². The van der Waals surface area contributed by atoms with Crippen molar-refractivity contribution < 1.29 is 4.42 Å². The molecule has 0 saturated carbocycles. The highest BCUT2D eigenvalue weighted by atomic mass is 16.3. The van der Waals surface area contributed by atoms with E-state index in [0.717, 1.165) is 12.0 Å². The SMILES string of the molecule is CCC(c1ccccc1)c1ccc2occc2c1. The summed E-state index contributed by atoms with van der Waals surface area (Å²) in [6, 6.07) is 19.2. The van der Waals surface area contributed by atoms with Crippen LogP contribution in [0.4, 0.5) is 0 Å². The van der Waals surface area contributed by atoms with Crippen LogP contribution in [-0.4, -0.2) is 0 Å². The molecule has 0 saturated heterocycles. The van der Waals surface area contributed by atoms with Crippen molar-refractivity contribution in [1.29, 1.82) is 0 Å². The Balaban J connectivity index is 2.05. The third kappa shape index (κ3) is 1.92. The van der Waals surface area contributed by atoms with E-state index in [-0.39, 0.29) is 0 Å². The summed E-state index contributed by atoms with van der Waals surface area (Å²) < 4.78 is 5.39. The van der Waals surface area contributed by atoms with E-state index in [1.807, 2.05) is 6.07 Å². The average molecular weight is 236 g/mol. The van der Waals surface area contributed by atoms with Gasteiger partial charge in [-0.2, -0.15) is 0 Å². The number of fused-ring (bicyclic) bond motifs is 1. The molecule has 3 aromatic rings. The van der Waals surface area contributed by atoms with Crippen molar-refractivity contribution >= 4 is 11.0 Å². The van der Waals surface area contributed by atoms with Crippen LogP contribution in [0.5, 0.6) is 0 Å². The van der Waals surface area contributed by atoms with Crippen molar-refractivity contribution in [2.45, 2.75) is 19.3 Å². The summed E-state index contributed by atoms with van der Waals surface area (Å²) in [5, 5.41) is 1.18. The van der Waals surface area contributed by atoms with Crippen LogP contribution in [0.2, 0.25) is 0 Å². The van der Waals surface area contributed by atoms with Gasteiger partial charge in [0.15, 0.2) is 0 Å². The van der Waals surface area contributed by atoms with Crippen molar-refractivity contribution in [3.63, 3.8) is 0 Å². The molecule has 0 aliphatic carbocycles. The summed E-state index contributed by atoms with van der Waals surface area (Å²) in [4.78, 5) is 0. The minimum absolute atomic E-state index is 0.463. The van der Waals surface area contributed by atoms with Gasteiger partial charge in [0.05, 0.1) is 6.26 Å². The fourth-order valence-electron chi connectivity index (χ4n) is 2.55. The number of benzene rings is 2. The highest BCUT2D eigenvalue weighted by Crippen LogP contribution is 2.30. The molecule has 18 heavy (non-hydrogen) atoms. The molecule has 1 nitrogen and oxygen atoms in total. The predicted octanol–water partition coefficient (Wildman–Crippen LogP) is 4.97. The largest absolute Gasteiger partial charge is 0.464 e. The summed E-state index contributed by atoms with van der Waals surface area (Å²) in [6.45, 7) is 2.23. The fourth-order valence-corrected chi connectivity index (χ4v) is 2.55. The van der Waals surface area contributed by atoms with Crippen molar-refractivity contribution in [2.24, 2.45) is 0 Å². The van der Waals surface area contributed by atoms with Crippen molar-refractivity contribution in [1.82, 2.24) is 0 Å². The van der Waals surface area contributed by atoms with E-state index in [1.165, 1.54) is 16.5 Å². The molecule has 1 heterocycles. The minimum Gasteiger partial charge on any atom is -0.464 e. The fraction of sp³-hybridized carbons (Fsp3) is 0.176. The van der Waals surface area contributed by atoms with Gasteiger partial charge in [-0.05, 0) is 35.7 Å². The summed E-state index contributed by atoms with van der Waals surface area (Å²) >= 11 is 0. The summed E-state index contributed by atoms with van der Waals surface area (Å²) in [5.74, 6) is 0.463. The quantitative estimate of drug-likeness (QED) is 0.625.